The molecule has 1 aromatic carbocycles. The largest absolute Gasteiger partial charge is 0.481 e. The summed E-state index contributed by atoms with van der Waals surface area (Å²) in [5, 5.41) is 12.8. The highest BCUT2D eigenvalue weighted by Gasteiger charge is 2.02. The molecule has 16 heavy (non-hydrogen) atoms. The molecule has 0 radical (unpaired) electrons. The Hall–Kier alpha value is -2.17. The number of carbonyl (C=O) groups is 1. The lowest BCUT2D eigenvalue weighted by atomic mass is 10.1. The van der Waals surface area contributed by atoms with Gasteiger partial charge in [-0.3, -0.25) is 4.79 Å². The first-order chi connectivity index (χ1) is 7.65. The van der Waals surface area contributed by atoms with Crippen LogP contribution in [0.2, 0.25) is 0 Å². The highest BCUT2D eigenvalue weighted by molar-refractivity contribution is 5.70. The van der Waals surface area contributed by atoms with E-state index in [0.29, 0.717) is 5.82 Å². The summed E-state index contributed by atoms with van der Waals surface area (Å²) in [6.45, 7) is 1.81. The van der Waals surface area contributed by atoms with Crippen molar-refractivity contribution in [1.82, 2.24) is 14.8 Å². The van der Waals surface area contributed by atoms with E-state index in [1.807, 2.05) is 19.1 Å². The highest BCUT2D eigenvalue weighted by Crippen LogP contribution is 2.09. The normalized spacial score (nSPS) is 10.3. The number of hydrogen-bond acceptors (Lipinski definition) is 3. The minimum atomic E-state index is -0.829. The average Bonchev–Trinajstić information content (AvgIpc) is 2.65. The van der Waals surface area contributed by atoms with Gasteiger partial charge in [-0.05, 0) is 24.6 Å². The summed E-state index contributed by atoms with van der Waals surface area (Å²) in [6, 6.07) is 7.21. The molecule has 0 atom stereocenters. The standard InChI is InChI=1S/C11H11N3O2/c1-8-12-7-14(13-8)10-4-2-9(3-5-10)6-11(15)16/h2-5,7H,6H2,1H3,(H,15,16). The maximum absolute atomic E-state index is 10.5. The highest BCUT2D eigenvalue weighted by atomic mass is 16.4. The van der Waals surface area contributed by atoms with E-state index in [9.17, 15) is 4.79 Å². The van der Waals surface area contributed by atoms with Crippen molar-refractivity contribution in [2.75, 3.05) is 0 Å². The van der Waals surface area contributed by atoms with Gasteiger partial charge in [0, 0.05) is 0 Å². The van der Waals surface area contributed by atoms with E-state index in [4.69, 9.17) is 5.11 Å². The van der Waals surface area contributed by atoms with Crippen LogP contribution in [0.4, 0.5) is 0 Å². The van der Waals surface area contributed by atoms with E-state index in [1.54, 1.807) is 23.1 Å². The van der Waals surface area contributed by atoms with Crippen molar-refractivity contribution < 1.29 is 9.90 Å². The van der Waals surface area contributed by atoms with E-state index in [-0.39, 0.29) is 6.42 Å². The lowest BCUT2D eigenvalue weighted by molar-refractivity contribution is -0.136. The Morgan fingerprint density at radius 3 is 2.56 bits per heavy atom. The first-order valence-corrected chi connectivity index (χ1v) is 4.84. The van der Waals surface area contributed by atoms with Gasteiger partial charge in [0.05, 0.1) is 12.1 Å². The molecule has 2 rings (SSSR count). The SMILES string of the molecule is Cc1ncn(-c2ccc(CC(=O)O)cc2)n1. The molecule has 0 saturated carbocycles. The van der Waals surface area contributed by atoms with Crippen molar-refractivity contribution in [1.29, 1.82) is 0 Å². The molecule has 0 aliphatic heterocycles. The van der Waals surface area contributed by atoms with Crippen LogP contribution in [0.25, 0.3) is 5.69 Å². The quantitative estimate of drug-likeness (QED) is 0.838. The molecule has 1 heterocycles. The van der Waals surface area contributed by atoms with Crippen molar-refractivity contribution in [3.05, 3.63) is 42.0 Å². The fourth-order valence-electron chi connectivity index (χ4n) is 1.41. The lowest BCUT2D eigenvalue weighted by Gasteiger charge is -2.01. The number of carboxylic acid groups (broad SMARTS) is 1. The maximum Gasteiger partial charge on any atom is 0.307 e. The number of aryl methyl sites for hydroxylation is 1. The van der Waals surface area contributed by atoms with Crippen molar-refractivity contribution >= 4 is 5.97 Å². The molecule has 0 aliphatic rings. The molecule has 5 heteroatoms. The number of benzene rings is 1. The summed E-state index contributed by atoms with van der Waals surface area (Å²) in [7, 11) is 0. The molecule has 5 nitrogen and oxygen atoms in total. The predicted molar refractivity (Wildman–Crippen MR) is 57.4 cm³/mol. The Labute approximate surface area is 92.4 Å². The molecule has 0 amide bonds. The monoisotopic (exact) mass is 217 g/mol. The van der Waals surface area contributed by atoms with Gasteiger partial charge in [0.2, 0.25) is 0 Å². The number of hydrogen-bond donors (Lipinski definition) is 1. The minimum absolute atomic E-state index is 0.0384. The summed E-state index contributed by atoms with van der Waals surface area (Å²) in [4.78, 5) is 14.5. The van der Waals surface area contributed by atoms with E-state index in [0.717, 1.165) is 11.3 Å². The van der Waals surface area contributed by atoms with Crippen LogP contribution in [0.1, 0.15) is 11.4 Å². The molecule has 0 bridgehead atoms. The van der Waals surface area contributed by atoms with Crippen LogP contribution in [0.5, 0.6) is 0 Å². The van der Waals surface area contributed by atoms with Crippen LogP contribution < -0.4 is 0 Å². The molecule has 1 aromatic heterocycles. The van der Waals surface area contributed by atoms with E-state index < -0.39 is 5.97 Å². The second-order valence-electron chi connectivity index (χ2n) is 3.47. The minimum Gasteiger partial charge on any atom is -0.481 e. The molecule has 1 N–H and O–H groups in total. The number of aromatic nitrogens is 3. The average molecular weight is 217 g/mol. The Morgan fingerprint density at radius 2 is 2.06 bits per heavy atom. The second kappa shape index (κ2) is 4.14. The van der Waals surface area contributed by atoms with Gasteiger partial charge in [-0.25, -0.2) is 9.67 Å². The summed E-state index contributed by atoms with van der Waals surface area (Å²) in [5.41, 5.74) is 1.64. The smallest absolute Gasteiger partial charge is 0.307 e. The molecule has 2 aromatic rings. The van der Waals surface area contributed by atoms with Crippen molar-refractivity contribution in [3.63, 3.8) is 0 Å². The van der Waals surface area contributed by atoms with E-state index in [1.165, 1.54) is 0 Å². The Kier molecular flexibility index (Phi) is 2.68. The van der Waals surface area contributed by atoms with E-state index >= 15 is 0 Å². The number of nitrogens with zero attached hydrogens (tertiary/aromatic N) is 3. The zero-order valence-corrected chi connectivity index (χ0v) is 8.79. The molecule has 0 aliphatic carbocycles. The Morgan fingerprint density at radius 1 is 1.38 bits per heavy atom. The molecule has 0 fully saturated rings. The van der Waals surface area contributed by atoms with Gasteiger partial charge in [-0.1, -0.05) is 12.1 Å². The lowest BCUT2D eigenvalue weighted by Crippen LogP contribution is -2.00. The number of rotatable bonds is 3. The Bertz CT molecular complexity index is 502. The van der Waals surface area contributed by atoms with Crippen molar-refractivity contribution in [3.8, 4) is 5.69 Å². The maximum atomic E-state index is 10.5. The van der Waals surface area contributed by atoms with Gasteiger partial charge < -0.3 is 5.11 Å². The van der Waals surface area contributed by atoms with Gasteiger partial charge in [0.25, 0.3) is 0 Å². The van der Waals surface area contributed by atoms with Crippen molar-refractivity contribution in [2.45, 2.75) is 13.3 Å². The third-order valence-corrected chi connectivity index (χ3v) is 2.16. The van der Waals surface area contributed by atoms with Crippen LogP contribution in [0.15, 0.2) is 30.6 Å². The van der Waals surface area contributed by atoms with Crippen LogP contribution in [0.3, 0.4) is 0 Å². The zero-order chi connectivity index (χ0) is 11.5. The van der Waals surface area contributed by atoms with Crippen LogP contribution in [-0.4, -0.2) is 25.8 Å². The van der Waals surface area contributed by atoms with Crippen LogP contribution in [0, 0.1) is 6.92 Å². The number of carboxylic acids is 1. The molecule has 0 saturated heterocycles. The van der Waals surface area contributed by atoms with Crippen LogP contribution in [-0.2, 0) is 11.2 Å². The van der Waals surface area contributed by atoms with Gasteiger partial charge in [-0.15, -0.1) is 0 Å². The fraction of sp³-hybridized carbons (Fsp3) is 0.182. The summed E-state index contributed by atoms with van der Waals surface area (Å²) < 4.78 is 1.65. The molecule has 0 unspecified atom stereocenters. The summed E-state index contributed by atoms with van der Waals surface area (Å²) in [5.74, 6) is -0.126. The molecular formula is C11H11N3O2. The van der Waals surface area contributed by atoms with Crippen molar-refractivity contribution in [2.24, 2.45) is 0 Å². The van der Waals surface area contributed by atoms with Crippen LogP contribution >= 0.6 is 0 Å². The van der Waals surface area contributed by atoms with Gasteiger partial charge in [0.1, 0.15) is 12.2 Å². The van der Waals surface area contributed by atoms with Gasteiger partial charge in [0.15, 0.2) is 0 Å². The first-order valence-electron chi connectivity index (χ1n) is 4.84. The van der Waals surface area contributed by atoms with E-state index in [2.05, 4.69) is 10.1 Å². The topological polar surface area (TPSA) is 68.0 Å². The predicted octanol–water partition coefficient (Wildman–Crippen LogP) is 1.20. The summed E-state index contributed by atoms with van der Waals surface area (Å²) in [6.07, 6.45) is 1.66. The van der Waals surface area contributed by atoms with Gasteiger partial charge >= 0.3 is 5.97 Å². The molecular weight excluding hydrogens is 206 g/mol. The third kappa shape index (κ3) is 2.25. The zero-order valence-electron chi connectivity index (χ0n) is 8.79. The Balaban J connectivity index is 2.22. The molecule has 82 valence electrons. The molecule has 0 spiro atoms. The third-order valence-electron chi connectivity index (χ3n) is 2.16. The first kappa shape index (κ1) is 10.4. The van der Waals surface area contributed by atoms with Gasteiger partial charge in [-0.2, -0.15) is 5.10 Å². The fourth-order valence-corrected chi connectivity index (χ4v) is 1.41. The summed E-state index contributed by atoms with van der Waals surface area (Å²) >= 11 is 0. The number of aliphatic carboxylic acids is 1. The second-order valence-corrected chi connectivity index (χ2v) is 3.47.